The molecule has 46 heavy (non-hydrogen) atoms. The van der Waals surface area contributed by atoms with Gasteiger partial charge in [0, 0.05) is 22.0 Å². The largest absolute Gasteiger partial charge is 0.469 e. The molecular weight excluding hydrogens is 568 g/mol. The molecule has 6 heteroatoms. The normalized spacial score (nSPS) is 19.9. The van der Waals surface area contributed by atoms with E-state index in [0.29, 0.717) is 18.8 Å². The highest BCUT2D eigenvalue weighted by atomic mass is 16.5. The average Bonchev–Trinajstić information content (AvgIpc) is 3.48. The summed E-state index contributed by atoms with van der Waals surface area (Å²) in [4.78, 5) is 34.6. The van der Waals surface area contributed by atoms with Gasteiger partial charge in [-0.05, 0) is 60.6 Å². The molecule has 0 saturated carbocycles. The molecule has 0 spiro atoms. The molecule has 228 valence electrons. The molecular formula is C40H36N4O2. The second-order valence-electron chi connectivity index (χ2n) is 13.5. The first kappa shape index (κ1) is 28.5. The molecule has 2 aliphatic carbocycles. The van der Waals surface area contributed by atoms with Crippen molar-refractivity contribution < 1.29 is 9.53 Å². The number of rotatable bonds is 7. The maximum atomic E-state index is 13.2. The number of nitrogens with zero attached hydrogens (tertiary/aromatic N) is 4. The van der Waals surface area contributed by atoms with E-state index in [1.165, 1.54) is 12.7 Å². The van der Waals surface area contributed by atoms with Gasteiger partial charge in [-0.25, -0.2) is 19.9 Å². The quantitative estimate of drug-likeness (QED) is 0.170. The van der Waals surface area contributed by atoms with Gasteiger partial charge in [0.25, 0.3) is 0 Å². The number of benzene rings is 4. The van der Waals surface area contributed by atoms with Gasteiger partial charge in [0.2, 0.25) is 0 Å². The molecule has 2 aliphatic rings. The van der Waals surface area contributed by atoms with Crippen molar-refractivity contribution in [1.82, 2.24) is 19.9 Å². The van der Waals surface area contributed by atoms with Crippen LogP contribution in [0, 0.1) is 11.8 Å². The number of fused-ring (bicyclic) bond motifs is 8. The smallest absolute Gasteiger partial charge is 0.308 e. The summed E-state index contributed by atoms with van der Waals surface area (Å²) in [7, 11) is 1.47. The van der Waals surface area contributed by atoms with E-state index >= 15 is 0 Å². The van der Waals surface area contributed by atoms with Crippen molar-refractivity contribution in [2.24, 2.45) is 11.8 Å². The number of ether oxygens (including phenoxy) is 1. The Kier molecular flexibility index (Phi) is 6.54. The van der Waals surface area contributed by atoms with Gasteiger partial charge in [-0.15, -0.1) is 0 Å². The molecule has 0 bridgehead atoms. The van der Waals surface area contributed by atoms with Gasteiger partial charge in [-0.3, -0.25) is 4.79 Å². The van der Waals surface area contributed by atoms with Crippen molar-refractivity contribution in [3.63, 3.8) is 0 Å². The van der Waals surface area contributed by atoms with Gasteiger partial charge in [-0.1, -0.05) is 93.6 Å². The van der Waals surface area contributed by atoms with Crippen molar-refractivity contribution in [2.75, 3.05) is 7.11 Å². The predicted octanol–water partition coefficient (Wildman–Crippen LogP) is 8.44. The van der Waals surface area contributed by atoms with Gasteiger partial charge in [-0.2, -0.15) is 0 Å². The van der Waals surface area contributed by atoms with Crippen molar-refractivity contribution in [3.05, 3.63) is 120 Å². The minimum atomic E-state index is -0.659. The summed E-state index contributed by atoms with van der Waals surface area (Å²) in [6.45, 7) is 6.54. The van der Waals surface area contributed by atoms with Crippen LogP contribution in [0.4, 0.5) is 0 Å². The van der Waals surface area contributed by atoms with Crippen molar-refractivity contribution in [3.8, 4) is 22.5 Å². The molecule has 3 unspecified atom stereocenters. The monoisotopic (exact) mass is 604 g/mol. The second kappa shape index (κ2) is 10.5. The third-order valence-corrected chi connectivity index (χ3v) is 10.1. The Balaban J connectivity index is 1.46. The van der Waals surface area contributed by atoms with Crippen LogP contribution in [0.25, 0.3) is 44.6 Å². The minimum absolute atomic E-state index is 0.227. The summed E-state index contributed by atoms with van der Waals surface area (Å²) in [5.41, 5.74) is 10.7. The number of esters is 1. The van der Waals surface area contributed by atoms with E-state index in [-0.39, 0.29) is 11.9 Å². The van der Waals surface area contributed by atoms with Gasteiger partial charge in [0.1, 0.15) is 0 Å². The zero-order chi connectivity index (χ0) is 31.6. The highest BCUT2D eigenvalue weighted by Gasteiger charge is 2.56. The first-order valence-electron chi connectivity index (χ1n) is 16.2. The maximum Gasteiger partial charge on any atom is 0.308 e. The maximum absolute atomic E-state index is 13.2. The van der Waals surface area contributed by atoms with Crippen LogP contribution >= 0.6 is 0 Å². The summed E-state index contributed by atoms with van der Waals surface area (Å²) < 4.78 is 5.34. The Labute approximate surface area is 268 Å². The van der Waals surface area contributed by atoms with Crippen molar-refractivity contribution in [1.29, 1.82) is 0 Å². The zero-order valence-corrected chi connectivity index (χ0v) is 26.6. The molecule has 2 heterocycles. The number of hydrogen-bond acceptors (Lipinski definition) is 6. The predicted molar refractivity (Wildman–Crippen MR) is 181 cm³/mol. The fraction of sp³-hybridized carbons (Fsp3) is 0.275. The van der Waals surface area contributed by atoms with Gasteiger partial charge >= 0.3 is 5.97 Å². The molecule has 4 aromatic carbocycles. The van der Waals surface area contributed by atoms with Crippen LogP contribution in [-0.2, 0) is 20.4 Å². The highest BCUT2D eigenvalue weighted by molar-refractivity contribution is 5.87. The lowest BCUT2D eigenvalue weighted by Crippen LogP contribution is -2.41. The first-order chi connectivity index (χ1) is 22.3. The van der Waals surface area contributed by atoms with Crippen LogP contribution in [0.2, 0.25) is 0 Å². The molecule has 0 saturated heterocycles. The van der Waals surface area contributed by atoms with Crippen LogP contribution in [0.5, 0.6) is 0 Å². The summed E-state index contributed by atoms with van der Waals surface area (Å²) in [5, 5.41) is 0. The lowest BCUT2D eigenvalue weighted by Gasteiger charge is -2.43. The van der Waals surface area contributed by atoms with Gasteiger partial charge in [0.05, 0.1) is 57.9 Å². The molecule has 3 atom stereocenters. The van der Waals surface area contributed by atoms with E-state index in [0.717, 1.165) is 68.0 Å². The van der Waals surface area contributed by atoms with E-state index in [2.05, 4.69) is 68.4 Å². The third kappa shape index (κ3) is 4.12. The van der Waals surface area contributed by atoms with Gasteiger partial charge in [0.15, 0.2) is 0 Å². The Morgan fingerprint density at radius 2 is 1.02 bits per heavy atom. The lowest BCUT2D eigenvalue weighted by atomic mass is 9.60. The lowest BCUT2D eigenvalue weighted by molar-refractivity contribution is -0.145. The van der Waals surface area contributed by atoms with E-state index in [4.69, 9.17) is 24.7 Å². The Morgan fingerprint density at radius 1 is 0.609 bits per heavy atom. The SMILES string of the molecule is COC(=O)C(C)CC1(CC2(CC(C)C)c3ccccc3-c3nc4ccccc4nc32)c2ccccc2-c2nc3ccccc3nc21. The average molecular weight is 605 g/mol. The second-order valence-corrected chi connectivity index (χ2v) is 13.5. The summed E-state index contributed by atoms with van der Waals surface area (Å²) in [6.07, 6.45) is 2.04. The molecule has 0 radical (unpaired) electrons. The highest BCUT2D eigenvalue weighted by Crippen LogP contribution is 2.61. The molecule has 0 amide bonds. The molecule has 6 nitrogen and oxygen atoms in total. The van der Waals surface area contributed by atoms with Gasteiger partial charge < -0.3 is 4.74 Å². The number of para-hydroxylation sites is 4. The number of hydrogen-bond donors (Lipinski definition) is 0. The van der Waals surface area contributed by atoms with Crippen LogP contribution < -0.4 is 0 Å². The Bertz CT molecular complexity index is 2180. The first-order valence-corrected chi connectivity index (χ1v) is 16.2. The summed E-state index contributed by atoms with van der Waals surface area (Å²) >= 11 is 0. The van der Waals surface area contributed by atoms with Crippen LogP contribution in [-0.4, -0.2) is 33.0 Å². The van der Waals surface area contributed by atoms with Crippen LogP contribution in [0.3, 0.4) is 0 Å². The number of aromatic nitrogens is 4. The Morgan fingerprint density at radius 3 is 1.48 bits per heavy atom. The van der Waals surface area contributed by atoms with E-state index in [1.807, 2.05) is 49.4 Å². The van der Waals surface area contributed by atoms with E-state index in [9.17, 15) is 4.79 Å². The molecule has 0 fully saturated rings. The molecule has 0 N–H and O–H groups in total. The fourth-order valence-corrected chi connectivity index (χ4v) is 8.45. The number of methoxy groups -OCH3 is 1. The van der Waals surface area contributed by atoms with E-state index in [1.54, 1.807) is 0 Å². The summed E-state index contributed by atoms with van der Waals surface area (Å²) in [6, 6.07) is 33.4. The summed E-state index contributed by atoms with van der Waals surface area (Å²) in [5.74, 6) is -0.261. The van der Waals surface area contributed by atoms with Crippen LogP contribution in [0.1, 0.15) is 62.5 Å². The topological polar surface area (TPSA) is 77.9 Å². The molecule has 0 aliphatic heterocycles. The number of carbonyl (C=O) groups is 1. The number of carbonyl (C=O) groups excluding carboxylic acids is 1. The van der Waals surface area contributed by atoms with Crippen molar-refractivity contribution in [2.45, 2.75) is 50.9 Å². The Hall–Kier alpha value is -4.97. The van der Waals surface area contributed by atoms with E-state index < -0.39 is 10.8 Å². The minimum Gasteiger partial charge on any atom is -0.469 e. The van der Waals surface area contributed by atoms with Crippen LogP contribution in [0.15, 0.2) is 97.1 Å². The molecule has 8 rings (SSSR count). The standard InChI is InChI=1S/C40H36N4O2/c1-24(2)21-39(28-15-7-5-13-26(28)34-36(39)43-32-19-11-9-17-30(32)41-34)23-40(22-25(3)38(45)46-4)29-16-8-6-14-27(29)35-37(40)44-33-20-12-10-18-31(33)42-35/h5-20,24-25H,21-23H2,1-4H3. The third-order valence-electron chi connectivity index (χ3n) is 10.1. The van der Waals surface area contributed by atoms with Crippen molar-refractivity contribution >= 4 is 28.0 Å². The zero-order valence-electron chi connectivity index (χ0n) is 26.6. The fourth-order valence-electron chi connectivity index (χ4n) is 8.45. The molecule has 2 aromatic heterocycles. The molecule has 6 aromatic rings.